The van der Waals surface area contributed by atoms with Gasteiger partial charge in [-0.2, -0.15) is 0 Å². The van der Waals surface area contributed by atoms with Crippen molar-refractivity contribution >= 4 is 29.8 Å². The summed E-state index contributed by atoms with van der Waals surface area (Å²) in [6.07, 6.45) is 0. The van der Waals surface area contributed by atoms with Crippen molar-refractivity contribution in [2.75, 3.05) is 0 Å². The number of carboxylic acids is 5. The molecule has 0 saturated carbocycles. The molecule has 5 N–H and O–H groups in total. The van der Waals surface area contributed by atoms with Crippen molar-refractivity contribution in [2.24, 2.45) is 0 Å². The van der Waals surface area contributed by atoms with Gasteiger partial charge in [-0.15, -0.1) is 0 Å². The smallest absolute Gasteiger partial charge is 0.336 e. The van der Waals surface area contributed by atoms with Crippen molar-refractivity contribution < 1.29 is 49.5 Å². The van der Waals surface area contributed by atoms with E-state index in [1.165, 1.54) is 0 Å². The van der Waals surface area contributed by atoms with Gasteiger partial charge in [0, 0.05) is 0 Å². The summed E-state index contributed by atoms with van der Waals surface area (Å²) in [7, 11) is 0. The van der Waals surface area contributed by atoms with Crippen LogP contribution in [0.4, 0.5) is 0 Å². The monoisotopic (exact) mass is 402 g/mol. The third kappa shape index (κ3) is 3.38. The van der Waals surface area contributed by atoms with E-state index in [4.69, 9.17) is 0 Å². The first-order valence-electron chi connectivity index (χ1n) is 7.88. The van der Waals surface area contributed by atoms with Gasteiger partial charge >= 0.3 is 29.8 Å². The Balaban J connectivity index is 3.06. The lowest BCUT2D eigenvalue weighted by Gasteiger charge is -2.29. The molecule has 10 nitrogen and oxygen atoms in total. The Kier molecular flexibility index (Phi) is 5.40. The molecular formula is C19H14O10. The molecule has 0 heterocycles. The Labute approximate surface area is 162 Å². The molecule has 0 saturated heterocycles. The zero-order chi connectivity index (χ0) is 22.1. The maximum atomic E-state index is 12.3. The number of hydrogen-bond acceptors (Lipinski definition) is 5. The van der Waals surface area contributed by atoms with E-state index in [9.17, 15) is 49.5 Å². The summed E-state index contributed by atoms with van der Waals surface area (Å²) in [6.45, 7) is 0.982. The van der Waals surface area contributed by atoms with Crippen molar-refractivity contribution in [2.45, 2.75) is 12.3 Å². The summed E-state index contributed by atoms with van der Waals surface area (Å²) in [5.74, 6) is -8.44. The van der Waals surface area contributed by atoms with E-state index < -0.39 is 68.6 Å². The minimum Gasteiger partial charge on any atom is -0.480 e. The van der Waals surface area contributed by atoms with E-state index in [1.54, 1.807) is 0 Å². The van der Waals surface area contributed by atoms with Crippen LogP contribution in [0.5, 0.6) is 0 Å². The summed E-state index contributed by atoms with van der Waals surface area (Å²) >= 11 is 0. The normalized spacial score (nSPS) is 10.9. The first-order valence-corrected chi connectivity index (χ1v) is 7.88. The van der Waals surface area contributed by atoms with Gasteiger partial charge in [0.15, 0.2) is 0 Å². The van der Waals surface area contributed by atoms with Gasteiger partial charge in [0.1, 0.15) is 5.41 Å². The van der Waals surface area contributed by atoms with Crippen LogP contribution in [-0.2, 0) is 10.2 Å². The lowest BCUT2D eigenvalue weighted by atomic mass is 9.71. The average Bonchev–Trinajstić information content (AvgIpc) is 2.65. The molecule has 0 amide bonds. The quantitative estimate of drug-likeness (QED) is 0.457. The maximum Gasteiger partial charge on any atom is 0.336 e. The standard InChI is InChI=1S/C19H14O10/c1-19(18(28)29,10-6-2-4-8(14(20)21)12(10)16(24)25)11-7-3-5-9(15(22)23)13(11)17(26)27/h2-7H,1H3,(H,20,21)(H,22,23)(H,24,25)(H,26,27)(H,28,29). The van der Waals surface area contributed by atoms with Gasteiger partial charge in [-0.25, -0.2) is 19.2 Å². The molecule has 2 rings (SSSR count). The van der Waals surface area contributed by atoms with Crippen LogP contribution in [0, 0.1) is 0 Å². The minimum absolute atomic E-state index is 0.512. The fraction of sp³-hybridized carbons (Fsp3) is 0.105. The van der Waals surface area contributed by atoms with Crippen LogP contribution in [-0.4, -0.2) is 55.4 Å². The fourth-order valence-corrected chi connectivity index (χ4v) is 3.13. The molecule has 2 aromatic rings. The summed E-state index contributed by atoms with van der Waals surface area (Å²) in [6, 6.07) is 6.25. The van der Waals surface area contributed by atoms with Crippen molar-refractivity contribution in [1.29, 1.82) is 0 Å². The topological polar surface area (TPSA) is 186 Å². The molecule has 0 radical (unpaired) electrons. The summed E-state index contributed by atoms with van der Waals surface area (Å²) in [5.41, 5.74) is -6.51. The van der Waals surface area contributed by atoms with Gasteiger partial charge in [0.05, 0.1) is 22.3 Å². The zero-order valence-electron chi connectivity index (χ0n) is 14.7. The van der Waals surface area contributed by atoms with Crippen molar-refractivity contribution in [3.8, 4) is 0 Å². The van der Waals surface area contributed by atoms with Crippen molar-refractivity contribution in [3.63, 3.8) is 0 Å². The second kappa shape index (κ2) is 7.43. The number of carboxylic acid groups (broad SMARTS) is 5. The fourth-order valence-electron chi connectivity index (χ4n) is 3.13. The summed E-state index contributed by atoms with van der Waals surface area (Å²) in [4.78, 5) is 58.7. The molecule has 10 heteroatoms. The van der Waals surface area contributed by atoms with Crippen LogP contribution in [0.25, 0.3) is 0 Å². The van der Waals surface area contributed by atoms with Gasteiger partial charge in [-0.3, -0.25) is 4.79 Å². The Bertz CT molecular complexity index is 991. The van der Waals surface area contributed by atoms with E-state index in [2.05, 4.69) is 0 Å². The molecule has 0 atom stereocenters. The zero-order valence-corrected chi connectivity index (χ0v) is 14.7. The van der Waals surface area contributed by atoms with Crippen LogP contribution >= 0.6 is 0 Å². The van der Waals surface area contributed by atoms with Gasteiger partial charge in [-0.05, 0) is 30.2 Å². The maximum absolute atomic E-state index is 12.3. The van der Waals surface area contributed by atoms with E-state index in [-0.39, 0.29) is 0 Å². The van der Waals surface area contributed by atoms with E-state index in [1.807, 2.05) is 0 Å². The molecule has 0 fully saturated rings. The first-order chi connectivity index (χ1) is 13.4. The second-order valence-electron chi connectivity index (χ2n) is 6.11. The number of hydrogen-bond donors (Lipinski definition) is 5. The van der Waals surface area contributed by atoms with Crippen LogP contribution in [0.1, 0.15) is 59.5 Å². The Morgan fingerprint density at radius 2 is 0.966 bits per heavy atom. The van der Waals surface area contributed by atoms with Crippen LogP contribution in [0.2, 0.25) is 0 Å². The summed E-state index contributed by atoms with van der Waals surface area (Å²) in [5, 5.41) is 47.6. The highest BCUT2D eigenvalue weighted by Crippen LogP contribution is 2.38. The third-order valence-corrected chi connectivity index (χ3v) is 4.52. The number of carbonyl (C=O) groups is 5. The SMILES string of the molecule is CC(C(=O)O)(c1cccc(C(=O)O)c1C(=O)O)c1cccc(C(=O)O)c1C(=O)O. The highest BCUT2D eigenvalue weighted by atomic mass is 16.4. The summed E-state index contributed by atoms with van der Waals surface area (Å²) < 4.78 is 0. The van der Waals surface area contributed by atoms with E-state index >= 15 is 0 Å². The largest absolute Gasteiger partial charge is 0.480 e. The minimum atomic E-state index is -2.39. The lowest BCUT2D eigenvalue weighted by molar-refractivity contribution is -0.141. The van der Waals surface area contributed by atoms with Crippen LogP contribution < -0.4 is 0 Å². The Morgan fingerprint density at radius 3 is 1.21 bits per heavy atom. The Morgan fingerprint density at radius 1 is 0.621 bits per heavy atom. The van der Waals surface area contributed by atoms with Gasteiger partial charge in [0.25, 0.3) is 0 Å². The molecule has 0 aliphatic carbocycles. The predicted molar refractivity (Wildman–Crippen MR) is 94.8 cm³/mol. The number of aliphatic carboxylic acids is 1. The Hall–Kier alpha value is -4.21. The van der Waals surface area contributed by atoms with Gasteiger partial charge < -0.3 is 25.5 Å². The molecule has 29 heavy (non-hydrogen) atoms. The predicted octanol–water partition coefficient (Wildman–Crippen LogP) is 1.87. The van der Waals surface area contributed by atoms with Crippen LogP contribution in [0.3, 0.4) is 0 Å². The average molecular weight is 402 g/mol. The van der Waals surface area contributed by atoms with Gasteiger partial charge in [-0.1, -0.05) is 24.3 Å². The highest BCUT2D eigenvalue weighted by molar-refractivity contribution is 6.07. The lowest BCUT2D eigenvalue weighted by Crippen LogP contribution is -2.38. The van der Waals surface area contributed by atoms with Crippen molar-refractivity contribution in [3.05, 3.63) is 69.8 Å². The first kappa shape index (κ1) is 21.1. The van der Waals surface area contributed by atoms with Gasteiger partial charge in [0.2, 0.25) is 0 Å². The third-order valence-electron chi connectivity index (χ3n) is 4.52. The number of benzene rings is 2. The highest BCUT2D eigenvalue weighted by Gasteiger charge is 2.44. The molecule has 2 aromatic carbocycles. The van der Waals surface area contributed by atoms with Crippen LogP contribution in [0.15, 0.2) is 36.4 Å². The molecule has 0 aromatic heterocycles. The number of rotatable bonds is 7. The molecule has 0 aliphatic rings. The second-order valence-corrected chi connectivity index (χ2v) is 6.11. The van der Waals surface area contributed by atoms with E-state index in [0.717, 1.165) is 43.3 Å². The molecule has 0 aliphatic heterocycles. The molecule has 0 bridgehead atoms. The van der Waals surface area contributed by atoms with Crippen molar-refractivity contribution in [1.82, 2.24) is 0 Å². The molecular weight excluding hydrogens is 388 g/mol. The molecule has 0 spiro atoms. The molecule has 0 unspecified atom stereocenters. The molecule has 150 valence electrons. The number of aromatic carboxylic acids is 4. The van der Waals surface area contributed by atoms with E-state index in [0.29, 0.717) is 0 Å².